The minimum atomic E-state index is -0.161. The molecule has 0 bridgehead atoms. The number of Topliss-reactive ketones (excluding diaryl/α,β-unsaturated/α-hetero) is 1. The first kappa shape index (κ1) is 6.73. The minimum Gasteiger partial charge on any atom is -0.382 e. The molecule has 0 spiro atoms. The number of anilines is 1. The van der Waals surface area contributed by atoms with Gasteiger partial charge >= 0.3 is 0 Å². The molecule has 2 N–H and O–H groups in total. The molecule has 10 heavy (non-hydrogen) atoms. The van der Waals surface area contributed by atoms with Crippen molar-refractivity contribution in [3.8, 4) is 0 Å². The first-order chi connectivity index (χ1) is 4.63. The Bertz CT molecular complexity index is 265. The van der Waals surface area contributed by atoms with E-state index in [1.165, 1.54) is 11.6 Å². The normalized spacial score (nSPS) is 9.80. The molecule has 0 aliphatic heterocycles. The quantitative estimate of drug-likeness (QED) is 0.538. The van der Waals surface area contributed by atoms with Gasteiger partial charge in [-0.3, -0.25) is 4.79 Å². The van der Waals surface area contributed by atoms with Crippen molar-refractivity contribution in [3.05, 3.63) is 5.69 Å². The zero-order chi connectivity index (χ0) is 7.72. The van der Waals surface area contributed by atoms with Crippen LogP contribution in [0.15, 0.2) is 0 Å². The van der Waals surface area contributed by atoms with E-state index in [-0.39, 0.29) is 11.5 Å². The van der Waals surface area contributed by atoms with E-state index in [4.69, 9.17) is 5.73 Å². The zero-order valence-corrected chi connectivity index (χ0v) is 5.83. The Balaban J connectivity index is 3.17. The number of carbonyl (C=O) groups excluding carboxylic acids is 1. The maximum absolute atomic E-state index is 10.7. The molecular formula is C5H8N4O. The topological polar surface area (TPSA) is 73.8 Å². The number of aromatic nitrogens is 3. The van der Waals surface area contributed by atoms with Gasteiger partial charge in [-0.2, -0.15) is 0 Å². The van der Waals surface area contributed by atoms with E-state index in [2.05, 4.69) is 10.3 Å². The number of rotatable bonds is 1. The number of ketones is 1. The smallest absolute Gasteiger partial charge is 0.183 e. The Labute approximate surface area is 57.8 Å². The van der Waals surface area contributed by atoms with Crippen LogP contribution in [0.5, 0.6) is 0 Å². The van der Waals surface area contributed by atoms with Crippen LogP contribution in [0, 0.1) is 0 Å². The lowest BCUT2D eigenvalue weighted by Gasteiger charge is -1.90. The molecule has 0 radical (unpaired) electrons. The van der Waals surface area contributed by atoms with Gasteiger partial charge in [0, 0.05) is 14.0 Å². The molecule has 0 fully saturated rings. The standard InChI is InChI=1S/C5H8N4O/c1-3(10)4-5(6)9(2)8-7-4/h6H2,1-2H3. The van der Waals surface area contributed by atoms with Crippen LogP contribution in [-0.4, -0.2) is 20.8 Å². The molecule has 1 heterocycles. The maximum Gasteiger partial charge on any atom is 0.183 e. The molecule has 0 unspecified atom stereocenters. The van der Waals surface area contributed by atoms with Crippen LogP contribution in [0.25, 0.3) is 0 Å². The molecule has 0 saturated carbocycles. The van der Waals surface area contributed by atoms with Crippen LogP contribution in [0.3, 0.4) is 0 Å². The summed E-state index contributed by atoms with van der Waals surface area (Å²) in [5, 5.41) is 7.11. The maximum atomic E-state index is 10.7. The van der Waals surface area contributed by atoms with Gasteiger partial charge in [0.15, 0.2) is 17.3 Å². The monoisotopic (exact) mass is 140 g/mol. The number of nitrogens with two attached hydrogens (primary N) is 1. The van der Waals surface area contributed by atoms with Crippen LogP contribution in [0.2, 0.25) is 0 Å². The van der Waals surface area contributed by atoms with Crippen molar-refractivity contribution >= 4 is 11.6 Å². The first-order valence-corrected chi connectivity index (χ1v) is 2.79. The van der Waals surface area contributed by atoms with Gasteiger partial charge < -0.3 is 5.73 Å². The van der Waals surface area contributed by atoms with E-state index in [0.29, 0.717) is 5.82 Å². The van der Waals surface area contributed by atoms with Crippen molar-refractivity contribution in [2.24, 2.45) is 7.05 Å². The van der Waals surface area contributed by atoms with E-state index < -0.39 is 0 Å². The predicted octanol–water partition coefficient (Wildman–Crippen LogP) is -0.400. The van der Waals surface area contributed by atoms with Crippen molar-refractivity contribution in [2.45, 2.75) is 6.92 Å². The van der Waals surface area contributed by atoms with Crippen molar-refractivity contribution in [3.63, 3.8) is 0 Å². The number of nitrogen functional groups attached to an aromatic ring is 1. The molecule has 5 heteroatoms. The van der Waals surface area contributed by atoms with E-state index in [1.807, 2.05) is 0 Å². The van der Waals surface area contributed by atoms with Crippen LogP contribution >= 0.6 is 0 Å². The number of hydrogen-bond acceptors (Lipinski definition) is 4. The van der Waals surface area contributed by atoms with Crippen molar-refractivity contribution in [2.75, 3.05) is 5.73 Å². The second kappa shape index (κ2) is 2.09. The fourth-order valence-electron chi connectivity index (χ4n) is 0.615. The molecule has 5 nitrogen and oxygen atoms in total. The van der Waals surface area contributed by atoms with Crippen molar-refractivity contribution in [1.29, 1.82) is 0 Å². The molecule has 0 atom stereocenters. The highest BCUT2D eigenvalue weighted by Crippen LogP contribution is 2.04. The lowest BCUT2D eigenvalue weighted by Crippen LogP contribution is -2.02. The van der Waals surface area contributed by atoms with Gasteiger partial charge in [0.1, 0.15) is 0 Å². The summed E-state index contributed by atoms with van der Waals surface area (Å²) >= 11 is 0. The minimum absolute atomic E-state index is 0.161. The zero-order valence-electron chi connectivity index (χ0n) is 5.83. The molecule has 1 aromatic heterocycles. The molecular weight excluding hydrogens is 132 g/mol. The van der Waals surface area contributed by atoms with Gasteiger partial charge in [0.2, 0.25) is 0 Å². The van der Waals surface area contributed by atoms with Gasteiger partial charge in [-0.25, -0.2) is 4.68 Å². The molecule has 0 aliphatic rings. The summed E-state index contributed by atoms with van der Waals surface area (Å²) in [7, 11) is 1.63. The highest BCUT2D eigenvalue weighted by molar-refractivity contribution is 5.96. The van der Waals surface area contributed by atoms with E-state index in [9.17, 15) is 4.79 Å². The first-order valence-electron chi connectivity index (χ1n) is 2.79. The summed E-state index contributed by atoms with van der Waals surface area (Å²) < 4.78 is 1.36. The number of nitrogens with zero attached hydrogens (tertiary/aromatic N) is 3. The molecule has 1 aromatic rings. The Kier molecular flexibility index (Phi) is 1.41. The molecule has 0 aliphatic carbocycles. The van der Waals surface area contributed by atoms with Gasteiger partial charge in [-0.1, -0.05) is 5.21 Å². The third kappa shape index (κ3) is 0.854. The molecule has 54 valence electrons. The molecule has 0 amide bonds. The van der Waals surface area contributed by atoms with Gasteiger partial charge in [-0.15, -0.1) is 5.10 Å². The second-order valence-electron chi connectivity index (χ2n) is 2.00. The Morgan fingerprint density at radius 3 is 2.50 bits per heavy atom. The van der Waals surface area contributed by atoms with Crippen molar-refractivity contribution in [1.82, 2.24) is 15.0 Å². The fraction of sp³-hybridized carbons (Fsp3) is 0.400. The fourth-order valence-corrected chi connectivity index (χ4v) is 0.615. The highest BCUT2D eigenvalue weighted by atomic mass is 16.1. The van der Waals surface area contributed by atoms with Gasteiger partial charge in [-0.05, 0) is 0 Å². The molecule has 0 aromatic carbocycles. The SMILES string of the molecule is CC(=O)c1nnn(C)c1N. The Morgan fingerprint density at radius 1 is 1.70 bits per heavy atom. The Hall–Kier alpha value is -1.39. The van der Waals surface area contributed by atoms with Crippen molar-refractivity contribution < 1.29 is 4.79 Å². The summed E-state index contributed by atoms with van der Waals surface area (Å²) in [6, 6.07) is 0. The van der Waals surface area contributed by atoms with Crippen LogP contribution < -0.4 is 5.73 Å². The van der Waals surface area contributed by atoms with Crippen LogP contribution in [0.1, 0.15) is 17.4 Å². The summed E-state index contributed by atoms with van der Waals surface area (Å²) in [6.45, 7) is 1.40. The third-order valence-corrected chi connectivity index (χ3v) is 1.20. The lowest BCUT2D eigenvalue weighted by atomic mass is 10.3. The second-order valence-corrected chi connectivity index (χ2v) is 2.00. The molecule has 0 saturated heterocycles. The Morgan fingerprint density at radius 2 is 2.30 bits per heavy atom. The predicted molar refractivity (Wildman–Crippen MR) is 35.4 cm³/mol. The third-order valence-electron chi connectivity index (χ3n) is 1.20. The summed E-state index contributed by atoms with van der Waals surface area (Å²) in [5.74, 6) is 0.151. The van der Waals surface area contributed by atoms with Crippen LogP contribution in [-0.2, 0) is 7.05 Å². The van der Waals surface area contributed by atoms with E-state index in [0.717, 1.165) is 0 Å². The summed E-state index contributed by atoms with van der Waals surface area (Å²) in [6.07, 6.45) is 0. The average molecular weight is 140 g/mol. The number of aryl methyl sites for hydroxylation is 1. The number of hydrogen-bond donors (Lipinski definition) is 1. The highest BCUT2D eigenvalue weighted by Gasteiger charge is 2.09. The van der Waals surface area contributed by atoms with Crippen LogP contribution in [0.4, 0.5) is 5.82 Å². The summed E-state index contributed by atoms with van der Waals surface area (Å²) in [4.78, 5) is 10.7. The number of carbonyl (C=O) groups is 1. The summed E-state index contributed by atoms with van der Waals surface area (Å²) in [5.41, 5.74) is 5.66. The van der Waals surface area contributed by atoms with E-state index in [1.54, 1.807) is 7.05 Å². The molecule has 1 rings (SSSR count). The largest absolute Gasteiger partial charge is 0.382 e. The van der Waals surface area contributed by atoms with E-state index >= 15 is 0 Å². The van der Waals surface area contributed by atoms with Gasteiger partial charge in [0.25, 0.3) is 0 Å². The van der Waals surface area contributed by atoms with Gasteiger partial charge in [0.05, 0.1) is 0 Å². The average Bonchev–Trinajstić information content (AvgIpc) is 2.14. The lowest BCUT2D eigenvalue weighted by molar-refractivity contribution is 0.101.